The van der Waals surface area contributed by atoms with Crippen LogP contribution in [0.25, 0.3) is 10.7 Å². The van der Waals surface area contributed by atoms with Crippen molar-refractivity contribution in [3.05, 3.63) is 21.8 Å². The molecule has 0 saturated carbocycles. The normalized spacial score (nSPS) is 20.2. The van der Waals surface area contributed by atoms with Gasteiger partial charge in [-0.1, -0.05) is 19.0 Å². The predicted octanol–water partition coefficient (Wildman–Crippen LogP) is 3.84. The van der Waals surface area contributed by atoms with E-state index in [1.54, 1.807) is 11.3 Å². The van der Waals surface area contributed by atoms with E-state index in [-0.39, 0.29) is 5.41 Å². The standard InChI is InChI=1S/C14H18BrN3OS/c1-14(2,9-4-3-7-16-8-9)13-17-12(18-19-13)10-5-6-11(15)20-10/h5-6,9,16H,3-4,7-8H2,1-2H3. The minimum absolute atomic E-state index is 0.0901. The Labute approximate surface area is 131 Å². The zero-order chi connectivity index (χ0) is 14.2. The molecule has 1 aliphatic rings. The van der Waals surface area contributed by atoms with Crippen molar-refractivity contribution in [3.63, 3.8) is 0 Å². The van der Waals surface area contributed by atoms with Crippen molar-refractivity contribution >= 4 is 27.3 Å². The van der Waals surface area contributed by atoms with E-state index >= 15 is 0 Å². The van der Waals surface area contributed by atoms with E-state index in [2.05, 4.69) is 45.2 Å². The highest BCUT2D eigenvalue weighted by molar-refractivity contribution is 9.11. The molecule has 0 amide bonds. The molecule has 0 spiro atoms. The molecule has 108 valence electrons. The number of thiophene rings is 1. The first-order chi connectivity index (χ1) is 9.57. The third kappa shape index (κ3) is 2.69. The smallest absolute Gasteiger partial charge is 0.232 e. The van der Waals surface area contributed by atoms with Crippen LogP contribution >= 0.6 is 27.3 Å². The fourth-order valence-electron chi connectivity index (χ4n) is 2.66. The molecule has 2 aromatic rings. The third-order valence-corrected chi connectivity index (χ3v) is 5.71. The summed E-state index contributed by atoms with van der Waals surface area (Å²) in [5.41, 5.74) is -0.0901. The maximum Gasteiger partial charge on any atom is 0.232 e. The summed E-state index contributed by atoms with van der Waals surface area (Å²) < 4.78 is 6.63. The molecule has 4 nitrogen and oxygen atoms in total. The van der Waals surface area contributed by atoms with E-state index in [0.29, 0.717) is 11.7 Å². The first-order valence-electron chi connectivity index (χ1n) is 6.88. The Bertz CT molecular complexity index is 587. The van der Waals surface area contributed by atoms with E-state index in [1.165, 1.54) is 12.8 Å². The van der Waals surface area contributed by atoms with E-state index in [0.717, 1.165) is 27.6 Å². The van der Waals surface area contributed by atoms with E-state index in [4.69, 9.17) is 4.52 Å². The Morgan fingerprint density at radius 1 is 1.45 bits per heavy atom. The van der Waals surface area contributed by atoms with Gasteiger partial charge < -0.3 is 9.84 Å². The second-order valence-electron chi connectivity index (χ2n) is 5.79. The Morgan fingerprint density at radius 3 is 2.95 bits per heavy atom. The highest BCUT2D eigenvalue weighted by Crippen LogP contribution is 2.36. The van der Waals surface area contributed by atoms with Crippen molar-refractivity contribution in [2.75, 3.05) is 13.1 Å². The third-order valence-electron chi connectivity index (χ3n) is 4.09. The summed E-state index contributed by atoms with van der Waals surface area (Å²) in [6, 6.07) is 4.02. The predicted molar refractivity (Wildman–Crippen MR) is 83.9 cm³/mol. The van der Waals surface area contributed by atoms with Gasteiger partial charge in [0.05, 0.1) is 8.66 Å². The Hall–Kier alpha value is -0.720. The van der Waals surface area contributed by atoms with Gasteiger partial charge in [-0.15, -0.1) is 11.3 Å². The topological polar surface area (TPSA) is 51.0 Å². The molecule has 3 rings (SSSR count). The van der Waals surface area contributed by atoms with Crippen LogP contribution in [0.15, 0.2) is 20.4 Å². The number of halogens is 1. The molecular weight excluding hydrogens is 338 g/mol. The fraction of sp³-hybridized carbons (Fsp3) is 0.571. The van der Waals surface area contributed by atoms with Crippen molar-refractivity contribution < 1.29 is 4.52 Å². The maximum absolute atomic E-state index is 5.55. The van der Waals surface area contributed by atoms with Crippen molar-refractivity contribution in [2.24, 2.45) is 5.92 Å². The molecule has 6 heteroatoms. The number of nitrogens with one attached hydrogen (secondary N) is 1. The number of nitrogens with zero attached hydrogens (tertiary/aromatic N) is 2. The van der Waals surface area contributed by atoms with E-state index < -0.39 is 0 Å². The molecule has 1 aliphatic heterocycles. The van der Waals surface area contributed by atoms with Crippen LogP contribution in [0.3, 0.4) is 0 Å². The van der Waals surface area contributed by atoms with Crippen molar-refractivity contribution in [2.45, 2.75) is 32.1 Å². The average Bonchev–Trinajstić information content (AvgIpc) is 3.08. The van der Waals surface area contributed by atoms with Gasteiger partial charge >= 0.3 is 0 Å². The fourth-order valence-corrected chi connectivity index (χ4v) is 3.97. The summed E-state index contributed by atoms with van der Waals surface area (Å²) in [6.45, 7) is 6.54. The summed E-state index contributed by atoms with van der Waals surface area (Å²) in [5, 5.41) is 7.60. The molecule has 0 aromatic carbocycles. The first-order valence-corrected chi connectivity index (χ1v) is 8.49. The minimum Gasteiger partial charge on any atom is -0.338 e. The Kier molecular flexibility index (Phi) is 3.97. The van der Waals surface area contributed by atoms with Crippen LogP contribution in [-0.2, 0) is 5.41 Å². The zero-order valence-electron chi connectivity index (χ0n) is 11.6. The summed E-state index contributed by atoms with van der Waals surface area (Å²) >= 11 is 5.08. The van der Waals surface area contributed by atoms with Crippen LogP contribution in [0.5, 0.6) is 0 Å². The van der Waals surface area contributed by atoms with Gasteiger partial charge in [0.25, 0.3) is 0 Å². The van der Waals surface area contributed by atoms with Gasteiger partial charge in [0.1, 0.15) is 0 Å². The zero-order valence-corrected chi connectivity index (χ0v) is 14.1. The van der Waals surface area contributed by atoms with Crippen LogP contribution in [0.2, 0.25) is 0 Å². The van der Waals surface area contributed by atoms with Crippen LogP contribution in [0.4, 0.5) is 0 Å². The number of piperidine rings is 1. The molecule has 20 heavy (non-hydrogen) atoms. The van der Waals surface area contributed by atoms with Crippen LogP contribution in [-0.4, -0.2) is 23.2 Å². The second-order valence-corrected chi connectivity index (χ2v) is 8.25. The second kappa shape index (κ2) is 5.58. The molecular formula is C14H18BrN3OS. The van der Waals surface area contributed by atoms with Crippen molar-refractivity contribution in [1.82, 2.24) is 15.5 Å². The van der Waals surface area contributed by atoms with Gasteiger partial charge in [0.15, 0.2) is 0 Å². The van der Waals surface area contributed by atoms with Gasteiger partial charge in [-0.2, -0.15) is 4.98 Å². The lowest BCUT2D eigenvalue weighted by atomic mass is 9.75. The number of rotatable bonds is 3. The molecule has 1 fully saturated rings. The first kappa shape index (κ1) is 14.2. The maximum atomic E-state index is 5.55. The number of hydrogen-bond donors (Lipinski definition) is 1. The van der Waals surface area contributed by atoms with Gasteiger partial charge in [0.2, 0.25) is 11.7 Å². The summed E-state index contributed by atoms with van der Waals surface area (Å²) in [5.74, 6) is 1.97. The molecule has 1 saturated heterocycles. The molecule has 0 aliphatic carbocycles. The lowest BCUT2D eigenvalue weighted by Gasteiger charge is -2.34. The lowest BCUT2D eigenvalue weighted by Crippen LogP contribution is -2.40. The van der Waals surface area contributed by atoms with Gasteiger partial charge in [-0.25, -0.2) is 0 Å². The molecule has 0 radical (unpaired) electrons. The lowest BCUT2D eigenvalue weighted by molar-refractivity contribution is 0.196. The van der Waals surface area contributed by atoms with Gasteiger partial charge in [-0.3, -0.25) is 0 Å². The molecule has 1 atom stereocenters. The van der Waals surface area contributed by atoms with Crippen molar-refractivity contribution in [3.8, 4) is 10.7 Å². The number of aromatic nitrogens is 2. The quantitative estimate of drug-likeness (QED) is 0.908. The van der Waals surface area contributed by atoms with Crippen LogP contribution in [0, 0.1) is 5.92 Å². The van der Waals surface area contributed by atoms with Gasteiger partial charge in [-0.05, 0) is 59.9 Å². The summed E-state index contributed by atoms with van der Waals surface area (Å²) in [6.07, 6.45) is 2.43. The molecule has 2 aromatic heterocycles. The molecule has 3 heterocycles. The van der Waals surface area contributed by atoms with Crippen LogP contribution < -0.4 is 5.32 Å². The molecule has 1 unspecified atom stereocenters. The highest BCUT2D eigenvalue weighted by atomic mass is 79.9. The Balaban J connectivity index is 1.85. The van der Waals surface area contributed by atoms with Gasteiger partial charge in [0, 0.05) is 5.41 Å². The van der Waals surface area contributed by atoms with E-state index in [9.17, 15) is 0 Å². The summed E-state index contributed by atoms with van der Waals surface area (Å²) in [7, 11) is 0. The number of hydrogen-bond acceptors (Lipinski definition) is 5. The average molecular weight is 356 g/mol. The van der Waals surface area contributed by atoms with E-state index in [1.807, 2.05) is 12.1 Å². The monoisotopic (exact) mass is 355 g/mol. The molecule has 1 N–H and O–H groups in total. The van der Waals surface area contributed by atoms with Crippen LogP contribution in [0.1, 0.15) is 32.6 Å². The Morgan fingerprint density at radius 2 is 2.30 bits per heavy atom. The molecule has 0 bridgehead atoms. The summed E-state index contributed by atoms with van der Waals surface area (Å²) in [4.78, 5) is 5.66. The minimum atomic E-state index is -0.0901. The van der Waals surface area contributed by atoms with Crippen molar-refractivity contribution in [1.29, 1.82) is 0 Å². The largest absolute Gasteiger partial charge is 0.338 e. The highest BCUT2D eigenvalue weighted by Gasteiger charge is 2.37. The SMILES string of the molecule is CC(C)(c1nc(-c2ccc(Br)s2)no1)C1CCCNC1.